The quantitative estimate of drug-likeness (QED) is 0.559. The molecule has 1 amide bonds. The summed E-state index contributed by atoms with van der Waals surface area (Å²) in [5.74, 6) is 0.993. The number of benzene rings is 1. The average molecular weight is 373 g/mol. The van der Waals surface area contributed by atoms with Crippen LogP contribution < -0.4 is 14.8 Å². The highest BCUT2D eigenvalue weighted by molar-refractivity contribution is 5.98. The predicted molar refractivity (Wildman–Crippen MR) is 101 cm³/mol. The summed E-state index contributed by atoms with van der Waals surface area (Å²) < 4.78 is 16.4. The molecule has 1 aliphatic heterocycles. The Morgan fingerprint density at radius 2 is 1.93 bits per heavy atom. The first-order chi connectivity index (χ1) is 13.0. The molecule has 6 nitrogen and oxygen atoms in total. The fourth-order valence-corrected chi connectivity index (χ4v) is 3.45. The zero-order chi connectivity index (χ0) is 19.6. The van der Waals surface area contributed by atoms with Crippen LogP contribution in [-0.4, -0.2) is 32.1 Å². The van der Waals surface area contributed by atoms with Crippen molar-refractivity contribution in [2.75, 3.05) is 14.2 Å². The van der Waals surface area contributed by atoms with Crippen LogP contribution in [0.15, 0.2) is 11.6 Å². The Morgan fingerprint density at radius 3 is 2.56 bits per heavy atom. The van der Waals surface area contributed by atoms with Crippen molar-refractivity contribution in [3.05, 3.63) is 33.9 Å². The Bertz CT molecular complexity index is 792. The lowest BCUT2D eigenvalue weighted by atomic mass is 9.94. The number of fused-ring (bicyclic) bond motifs is 1. The number of allylic oxidation sites excluding steroid dienone is 2. The van der Waals surface area contributed by atoms with Crippen LogP contribution in [-0.2, 0) is 22.6 Å². The smallest absolute Gasteiger partial charge is 0.342 e. The van der Waals surface area contributed by atoms with E-state index < -0.39 is 0 Å². The van der Waals surface area contributed by atoms with E-state index in [2.05, 4.69) is 11.4 Å². The molecule has 1 fully saturated rings. The minimum absolute atomic E-state index is 0.108. The first-order valence-electron chi connectivity index (χ1n) is 9.34. The van der Waals surface area contributed by atoms with E-state index in [-0.39, 0.29) is 18.5 Å². The molecule has 1 saturated carbocycles. The molecule has 0 aromatic heterocycles. The van der Waals surface area contributed by atoms with Crippen molar-refractivity contribution in [3.8, 4) is 11.5 Å². The maximum atomic E-state index is 12.2. The number of ether oxygens (including phenoxy) is 3. The molecule has 146 valence electrons. The largest absolute Gasteiger partial charge is 0.496 e. The lowest BCUT2D eigenvalue weighted by Crippen LogP contribution is -2.24. The van der Waals surface area contributed by atoms with Gasteiger partial charge in [0.05, 0.1) is 14.2 Å². The van der Waals surface area contributed by atoms with Gasteiger partial charge in [0.1, 0.15) is 23.7 Å². The number of carbonyl (C=O) groups excluding carboxylic acids is 2. The topological polar surface area (TPSA) is 73.9 Å². The molecule has 0 spiro atoms. The number of carbonyl (C=O) groups is 2. The summed E-state index contributed by atoms with van der Waals surface area (Å²) in [6.07, 6.45) is 6.01. The monoisotopic (exact) mass is 373 g/mol. The van der Waals surface area contributed by atoms with E-state index in [0.717, 1.165) is 40.9 Å². The van der Waals surface area contributed by atoms with E-state index >= 15 is 0 Å². The molecule has 27 heavy (non-hydrogen) atoms. The Kier molecular flexibility index (Phi) is 5.73. The molecule has 1 N–H and O–H groups in total. The van der Waals surface area contributed by atoms with Gasteiger partial charge < -0.3 is 19.5 Å². The molecule has 1 heterocycles. The number of esters is 1. The van der Waals surface area contributed by atoms with E-state index in [1.807, 2.05) is 13.8 Å². The molecular formula is C21H27NO5. The molecule has 2 aliphatic rings. The van der Waals surface area contributed by atoms with E-state index in [4.69, 9.17) is 14.2 Å². The summed E-state index contributed by atoms with van der Waals surface area (Å²) in [6, 6.07) is 0.393. The second kappa shape index (κ2) is 8.03. The van der Waals surface area contributed by atoms with Gasteiger partial charge in [0.15, 0.2) is 0 Å². The maximum Gasteiger partial charge on any atom is 0.342 e. The molecule has 0 saturated heterocycles. The SMILES string of the molecule is COc1c(C)c2c(c(OC)c1CC=C(C)CCC(=O)NC1CC1)C(=O)OC2. The lowest BCUT2D eigenvalue weighted by Gasteiger charge is -2.18. The zero-order valence-corrected chi connectivity index (χ0v) is 16.4. The lowest BCUT2D eigenvalue weighted by molar-refractivity contribution is -0.121. The van der Waals surface area contributed by atoms with Gasteiger partial charge in [-0.05, 0) is 45.1 Å². The number of nitrogens with one attached hydrogen (secondary N) is 1. The van der Waals surface area contributed by atoms with Crippen molar-refractivity contribution in [2.45, 2.75) is 58.6 Å². The van der Waals surface area contributed by atoms with Crippen molar-refractivity contribution < 1.29 is 23.8 Å². The predicted octanol–water partition coefficient (Wildman–Crippen LogP) is 3.23. The molecular weight excluding hydrogens is 346 g/mol. The van der Waals surface area contributed by atoms with Gasteiger partial charge in [0.25, 0.3) is 0 Å². The van der Waals surface area contributed by atoms with Crippen LogP contribution in [0.4, 0.5) is 0 Å². The molecule has 0 bridgehead atoms. The third kappa shape index (κ3) is 4.10. The van der Waals surface area contributed by atoms with Gasteiger partial charge in [-0.1, -0.05) is 11.6 Å². The highest BCUT2D eigenvalue weighted by atomic mass is 16.5. The summed E-state index contributed by atoms with van der Waals surface area (Å²) in [6.45, 7) is 4.19. The average Bonchev–Trinajstić information content (AvgIpc) is 3.38. The van der Waals surface area contributed by atoms with E-state index in [1.165, 1.54) is 0 Å². The highest BCUT2D eigenvalue weighted by Crippen LogP contribution is 2.42. The molecule has 3 rings (SSSR count). The van der Waals surface area contributed by atoms with Crippen LogP contribution in [0, 0.1) is 6.92 Å². The van der Waals surface area contributed by atoms with Crippen LogP contribution >= 0.6 is 0 Å². The number of hydrogen-bond donors (Lipinski definition) is 1. The number of hydrogen-bond acceptors (Lipinski definition) is 5. The van der Waals surface area contributed by atoms with Gasteiger partial charge in [-0.25, -0.2) is 4.79 Å². The van der Waals surface area contributed by atoms with Crippen molar-refractivity contribution in [3.63, 3.8) is 0 Å². The molecule has 0 unspecified atom stereocenters. The molecule has 1 aromatic rings. The highest BCUT2D eigenvalue weighted by Gasteiger charge is 2.32. The summed E-state index contributed by atoms with van der Waals surface area (Å²) in [7, 11) is 3.17. The van der Waals surface area contributed by atoms with Gasteiger partial charge in [-0.15, -0.1) is 0 Å². The van der Waals surface area contributed by atoms with Gasteiger partial charge >= 0.3 is 5.97 Å². The fourth-order valence-electron chi connectivity index (χ4n) is 3.45. The minimum Gasteiger partial charge on any atom is -0.496 e. The molecule has 1 aliphatic carbocycles. The third-order valence-corrected chi connectivity index (χ3v) is 5.17. The van der Waals surface area contributed by atoms with E-state index in [0.29, 0.717) is 36.6 Å². The number of methoxy groups -OCH3 is 2. The minimum atomic E-state index is -0.355. The van der Waals surface area contributed by atoms with E-state index in [1.54, 1.807) is 14.2 Å². The van der Waals surface area contributed by atoms with Crippen LogP contribution in [0.3, 0.4) is 0 Å². The second-order valence-corrected chi connectivity index (χ2v) is 7.20. The summed E-state index contributed by atoms with van der Waals surface area (Å²) >= 11 is 0. The zero-order valence-electron chi connectivity index (χ0n) is 16.4. The Labute approximate surface area is 159 Å². The molecule has 0 radical (unpaired) electrons. The Balaban J connectivity index is 1.78. The van der Waals surface area contributed by atoms with Gasteiger partial charge in [0, 0.05) is 23.6 Å². The third-order valence-electron chi connectivity index (χ3n) is 5.17. The van der Waals surface area contributed by atoms with Crippen molar-refractivity contribution in [1.29, 1.82) is 0 Å². The summed E-state index contributed by atoms with van der Waals surface area (Å²) in [5.41, 5.74) is 4.18. The Hall–Kier alpha value is -2.50. The van der Waals surface area contributed by atoms with Gasteiger partial charge in [-0.2, -0.15) is 0 Å². The van der Waals surface area contributed by atoms with Gasteiger partial charge in [-0.3, -0.25) is 4.79 Å². The standard InChI is InChI=1S/C21H27NO5/c1-12(6-10-17(23)22-14-7-8-14)5-9-15-19(25-3)13(2)16-11-27-21(24)18(16)20(15)26-4/h5,14H,6-11H2,1-4H3,(H,22,23). The number of rotatable bonds is 8. The van der Waals surface area contributed by atoms with Crippen molar-refractivity contribution in [2.24, 2.45) is 0 Å². The molecule has 1 aromatic carbocycles. The normalized spacial score (nSPS) is 16.0. The maximum absolute atomic E-state index is 12.2. The Morgan fingerprint density at radius 1 is 1.22 bits per heavy atom. The fraction of sp³-hybridized carbons (Fsp3) is 0.524. The summed E-state index contributed by atoms with van der Waals surface area (Å²) in [4.78, 5) is 24.0. The first-order valence-corrected chi connectivity index (χ1v) is 9.34. The van der Waals surface area contributed by atoms with Crippen LogP contribution in [0.25, 0.3) is 0 Å². The van der Waals surface area contributed by atoms with Gasteiger partial charge in [0.2, 0.25) is 5.91 Å². The van der Waals surface area contributed by atoms with Crippen LogP contribution in [0.5, 0.6) is 11.5 Å². The summed E-state index contributed by atoms with van der Waals surface area (Å²) in [5, 5.41) is 3.00. The van der Waals surface area contributed by atoms with E-state index in [9.17, 15) is 9.59 Å². The van der Waals surface area contributed by atoms with Crippen molar-refractivity contribution in [1.82, 2.24) is 5.32 Å². The number of cyclic esters (lactones) is 1. The number of amides is 1. The second-order valence-electron chi connectivity index (χ2n) is 7.20. The van der Waals surface area contributed by atoms with Crippen molar-refractivity contribution >= 4 is 11.9 Å². The van der Waals surface area contributed by atoms with Crippen LogP contribution in [0.2, 0.25) is 0 Å². The molecule has 6 heteroatoms. The molecule has 0 atom stereocenters. The first kappa shape index (κ1) is 19.3. The van der Waals surface area contributed by atoms with Crippen LogP contribution in [0.1, 0.15) is 59.7 Å².